The van der Waals surface area contributed by atoms with Gasteiger partial charge in [-0.25, -0.2) is 0 Å². The molecule has 2 fully saturated rings. The standard InChI is InChI=1S/C20H30N2O4/c1-15(2)26-18-5-3-16(4-6-18)19(20(23)24)22-11-9-21(10-12-22)17-7-13-25-14-8-17/h3-6,15,17,19H,7-14H2,1-2H3,(H,23,24). The van der Waals surface area contributed by atoms with Gasteiger partial charge in [0.25, 0.3) is 0 Å². The van der Waals surface area contributed by atoms with Crippen LogP contribution in [0.3, 0.4) is 0 Å². The minimum Gasteiger partial charge on any atom is -0.491 e. The van der Waals surface area contributed by atoms with Crippen LogP contribution in [0.15, 0.2) is 24.3 Å². The number of carboxylic acids is 1. The highest BCUT2D eigenvalue weighted by Crippen LogP contribution is 2.26. The highest BCUT2D eigenvalue weighted by atomic mass is 16.5. The molecule has 0 bridgehead atoms. The van der Waals surface area contributed by atoms with Crippen LogP contribution in [0, 0.1) is 0 Å². The van der Waals surface area contributed by atoms with Crippen molar-refractivity contribution in [2.24, 2.45) is 0 Å². The van der Waals surface area contributed by atoms with Crippen LogP contribution in [0.4, 0.5) is 0 Å². The third-order valence-electron chi connectivity index (χ3n) is 5.22. The van der Waals surface area contributed by atoms with E-state index in [1.165, 1.54) is 0 Å². The lowest BCUT2D eigenvalue weighted by molar-refractivity contribution is -0.144. The Morgan fingerprint density at radius 1 is 1.12 bits per heavy atom. The van der Waals surface area contributed by atoms with E-state index in [2.05, 4.69) is 9.80 Å². The monoisotopic (exact) mass is 362 g/mol. The number of ether oxygens (including phenoxy) is 2. The highest BCUT2D eigenvalue weighted by Gasteiger charge is 2.32. The molecule has 1 aromatic carbocycles. The Balaban J connectivity index is 1.62. The number of aliphatic carboxylic acids is 1. The summed E-state index contributed by atoms with van der Waals surface area (Å²) in [6.07, 6.45) is 2.27. The third-order valence-corrected chi connectivity index (χ3v) is 5.22. The third kappa shape index (κ3) is 4.75. The largest absolute Gasteiger partial charge is 0.491 e. The fourth-order valence-electron chi connectivity index (χ4n) is 3.92. The molecule has 0 spiro atoms. The predicted octanol–water partition coefficient (Wildman–Crippen LogP) is 2.40. The van der Waals surface area contributed by atoms with Crippen molar-refractivity contribution in [1.82, 2.24) is 9.80 Å². The van der Waals surface area contributed by atoms with E-state index < -0.39 is 12.0 Å². The maximum Gasteiger partial charge on any atom is 0.325 e. The summed E-state index contributed by atoms with van der Waals surface area (Å²) in [4.78, 5) is 16.5. The maximum absolute atomic E-state index is 11.9. The molecule has 0 radical (unpaired) electrons. The zero-order valence-electron chi connectivity index (χ0n) is 15.8. The summed E-state index contributed by atoms with van der Waals surface area (Å²) in [7, 11) is 0. The number of hydrogen-bond donors (Lipinski definition) is 1. The number of nitrogens with zero attached hydrogens (tertiary/aromatic N) is 2. The first kappa shape index (κ1) is 19.1. The van der Waals surface area contributed by atoms with Crippen LogP contribution in [-0.4, -0.2) is 72.4 Å². The first-order valence-corrected chi connectivity index (χ1v) is 9.60. The second-order valence-electron chi connectivity index (χ2n) is 7.39. The van der Waals surface area contributed by atoms with E-state index in [-0.39, 0.29) is 6.10 Å². The Morgan fingerprint density at radius 2 is 1.73 bits per heavy atom. The lowest BCUT2D eigenvalue weighted by Gasteiger charge is -2.42. The van der Waals surface area contributed by atoms with Gasteiger partial charge in [0, 0.05) is 45.4 Å². The van der Waals surface area contributed by atoms with Gasteiger partial charge in [0.1, 0.15) is 11.8 Å². The fourth-order valence-corrected chi connectivity index (χ4v) is 3.92. The van der Waals surface area contributed by atoms with Gasteiger partial charge >= 0.3 is 5.97 Å². The van der Waals surface area contributed by atoms with Crippen molar-refractivity contribution >= 4 is 5.97 Å². The molecule has 2 saturated heterocycles. The van der Waals surface area contributed by atoms with Crippen LogP contribution in [0.2, 0.25) is 0 Å². The molecule has 6 nitrogen and oxygen atoms in total. The van der Waals surface area contributed by atoms with Gasteiger partial charge in [0.2, 0.25) is 0 Å². The quantitative estimate of drug-likeness (QED) is 0.838. The smallest absolute Gasteiger partial charge is 0.325 e. The number of carboxylic acid groups (broad SMARTS) is 1. The van der Waals surface area contributed by atoms with Gasteiger partial charge in [-0.2, -0.15) is 0 Å². The van der Waals surface area contributed by atoms with Crippen molar-refractivity contribution < 1.29 is 19.4 Å². The van der Waals surface area contributed by atoms with E-state index >= 15 is 0 Å². The molecule has 3 rings (SSSR count). The SMILES string of the molecule is CC(C)Oc1ccc(C(C(=O)O)N2CCN(C3CCOCC3)CC2)cc1. The summed E-state index contributed by atoms with van der Waals surface area (Å²) >= 11 is 0. The highest BCUT2D eigenvalue weighted by molar-refractivity contribution is 5.75. The molecule has 2 aliphatic rings. The van der Waals surface area contributed by atoms with Gasteiger partial charge < -0.3 is 14.6 Å². The molecule has 2 heterocycles. The van der Waals surface area contributed by atoms with Crippen LogP contribution >= 0.6 is 0 Å². The van der Waals surface area contributed by atoms with E-state index in [9.17, 15) is 9.90 Å². The number of hydrogen-bond acceptors (Lipinski definition) is 5. The van der Waals surface area contributed by atoms with Crippen LogP contribution in [-0.2, 0) is 9.53 Å². The normalized spacial score (nSPS) is 21.7. The van der Waals surface area contributed by atoms with E-state index in [0.717, 1.165) is 63.5 Å². The number of rotatable bonds is 6. The van der Waals surface area contributed by atoms with Gasteiger partial charge in [-0.15, -0.1) is 0 Å². The van der Waals surface area contributed by atoms with Crippen LogP contribution in [0.1, 0.15) is 38.3 Å². The molecule has 26 heavy (non-hydrogen) atoms. The predicted molar refractivity (Wildman–Crippen MR) is 99.6 cm³/mol. The Bertz CT molecular complexity index is 576. The molecule has 0 aromatic heterocycles. The van der Waals surface area contributed by atoms with Gasteiger partial charge in [-0.1, -0.05) is 12.1 Å². The molecular formula is C20H30N2O4. The van der Waals surface area contributed by atoms with Gasteiger partial charge in [0.15, 0.2) is 0 Å². The number of piperazine rings is 1. The van der Waals surface area contributed by atoms with E-state index in [1.54, 1.807) is 0 Å². The molecular weight excluding hydrogens is 332 g/mol. The lowest BCUT2D eigenvalue weighted by Crippen LogP contribution is -2.53. The van der Waals surface area contributed by atoms with Crippen LogP contribution < -0.4 is 4.74 Å². The van der Waals surface area contributed by atoms with Crippen LogP contribution in [0.5, 0.6) is 5.75 Å². The molecule has 1 unspecified atom stereocenters. The van der Waals surface area contributed by atoms with Crippen molar-refractivity contribution in [1.29, 1.82) is 0 Å². The average Bonchev–Trinajstić information content (AvgIpc) is 2.64. The summed E-state index contributed by atoms with van der Waals surface area (Å²) in [5.41, 5.74) is 0.813. The zero-order valence-corrected chi connectivity index (χ0v) is 15.8. The Morgan fingerprint density at radius 3 is 2.27 bits per heavy atom. The summed E-state index contributed by atoms with van der Waals surface area (Å²) in [5, 5.41) is 9.81. The van der Waals surface area contributed by atoms with Crippen LogP contribution in [0.25, 0.3) is 0 Å². The number of benzene rings is 1. The molecule has 6 heteroatoms. The molecule has 1 atom stereocenters. The Hall–Kier alpha value is -1.63. The average molecular weight is 362 g/mol. The van der Waals surface area contributed by atoms with Gasteiger partial charge in [-0.3, -0.25) is 14.6 Å². The zero-order chi connectivity index (χ0) is 18.5. The van der Waals surface area contributed by atoms with Crippen molar-refractivity contribution in [3.8, 4) is 5.75 Å². The Labute approximate surface area is 155 Å². The van der Waals surface area contributed by atoms with E-state index in [0.29, 0.717) is 6.04 Å². The molecule has 2 aliphatic heterocycles. The minimum absolute atomic E-state index is 0.106. The maximum atomic E-state index is 11.9. The van der Waals surface area contributed by atoms with Crippen molar-refractivity contribution in [3.05, 3.63) is 29.8 Å². The van der Waals surface area contributed by atoms with E-state index in [1.807, 2.05) is 38.1 Å². The first-order valence-electron chi connectivity index (χ1n) is 9.60. The van der Waals surface area contributed by atoms with Gasteiger partial charge in [0.05, 0.1) is 6.10 Å². The summed E-state index contributed by atoms with van der Waals surface area (Å²) in [6, 6.07) is 7.47. The topological polar surface area (TPSA) is 62.2 Å². The van der Waals surface area contributed by atoms with Crippen molar-refractivity contribution in [2.75, 3.05) is 39.4 Å². The van der Waals surface area contributed by atoms with Gasteiger partial charge in [-0.05, 0) is 44.4 Å². The summed E-state index contributed by atoms with van der Waals surface area (Å²) in [6.45, 7) is 9.03. The second-order valence-corrected chi connectivity index (χ2v) is 7.39. The van der Waals surface area contributed by atoms with E-state index in [4.69, 9.17) is 9.47 Å². The Kier molecular flexibility index (Phi) is 6.51. The first-order chi connectivity index (χ1) is 12.5. The van der Waals surface area contributed by atoms with Crippen molar-refractivity contribution in [3.63, 3.8) is 0 Å². The molecule has 144 valence electrons. The molecule has 0 saturated carbocycles. The lowest BCUT2D eigenvalue weighted by atomic mass is 10.0. The second kappa shape index (κ2) is 8.84. The summed E-state index contributed by atoms with van der Waals surface area (Å²) < 4.78 is 11.1. The molecule has 0 aliphatic carbocycles. The molecule has 0 amide bonds. The summed E-state index contributed by atoms with van der Waals surface area (Å²) in [5.74, 6) is -0.0146. The minimum atomic E-state index is -0.790. The van der Waals surface area contributed by atoms with Crippen molar-refractivity contribution in [2.45, 2.75) is 44.9 Å². The molecule has 1 N–H and O–H groups in total. The fraction of sp³-hybridized carbons (Fsp3) is 0.650. The molecule has 1 aromatic rings. The number of carbonyl (C=O) groups is 1.